The van der Waals surface area contributed by atoms with Gasteiger partial charge in [0, 0.05) is 44.7 Å². The summed E-state index contributed by atoms with van der Waals surface area (Å²) in [7, 11) is -1.55. The maximum absolute atomic E-state index is 12.6. The molecule has 0 spiro atoms. The van der Waals surface area contributed by atoms with Crippen molar-refractivity contribution in [2.45, 2.75) is 35.3 Å². The van der Waals surface area contributed by atoms with Gasteiger partial charge in [-0.15, -0.1) is 0 Å². The molecule has 3 heterocycles. The van der Waals surface area contributed by atoms with Gasteiger partial charge < -0.3 is 8.98 Å². The van der Waals surface area contributed by atoms with Gasteiger partial charge in [0.15, 0.2) is 11.0 Å². The molecule has 7 nitrogen and oxygen atoms in total. The number of fused-ring (bicyclic) bond motifs is 1. The van der Waals surface area contributed by atoms with Gasteiger partial charge in [0.05, 0.1) is 6.20 Å². The van der Waals surface area contributed by atoms with Crippen molar-refractivity contribution in [2.75, 3.05) is 13.1 Å². The van der Waals surface area contributed by atoms with E-state index in [9.17, 15) is 8.42 Å². The Bertz CT molecular complexity index is 831. The summed E-state index contributed by atoms with van der Waals surface area (Å²) in [5.74, 6) is 1.21. The lowest BCUT2D eigenvalue weighted by atomic mass is 10.0. The average Bonchev–Trinajstić information content (AvgIpc) is 3.25. The number of nitrogens with zero attached hydrogens (tertiary/aromatic N) is 4. The first kappa shape index (κ1) is 16.2. The van der Waals surface area contributed by atoms with Crippen LogP contribution >= 0.6 is 11.8 Å². The Balaban J connectivity index is 1.42. The van der Waals surface area contributed by atoms with Gasteiger partial charge in [0.2, 0.25) is 0 Å². The van der Waals surface area contributed by atoms with Gasteiger partial charge in [-0.05, 0) is 24.7 Å². The highest BCUT2D eigenvalue weighted by Crippen LogP contribution is 2.45. The van der Waals surface area contributed by atoms with Crippen molar-refractivity contribution in [2.24, 2.45) is 18.9 Å². The Morgan fingerprint density at radius 2 is 1.96 bits per heavy atom. The number of rotatable bonds is 4. The Morgan fingerprint density at radius 1 is 1.25 bits per heavy atom. The maximum Gasteiger partial charge on any atom is 0.278 e. The highest BCUT2D eigenvalue weighted by atomic mass is 32.2. The van der Waals surface area contributed by atoms with Crippen LogP contribution < -0.4 is 0 Å². The number of hydrogen-bond donors (Lipinski definition) is 0. The van der Waals surface area contributed by atoms with Crippen LogP contribution in [0.5, 0.6) is 0 Å². The van der Waals surface area contributed by atoms with Crippen molar-refractivity contribution in [3.05, 3.63) is 24.5 Å². The quantitative estimate of drug-likeness (QED) is 0.820. The highest BCUT2D eigenvalue weighted by Gasteiger charge is 2.46. The van der Waals surface area contributed by atoms with Crippen molar-refractivity contribution in [3.8, 4) is 0 Å². The van der Waals surface area contributed by atoms with E-state index < -0.39 is 10.0 Å². The summed E-state index contributed by atoms with van der Waals surface area (Å²) in [6.45, 7) is 2.80. The molecule has 1 aliphatic carbocycles. The minimum atomic E-state index is -3.55. The summed E-state index contributed by atoms with van der Waals surface area (Å²) in [5.41, 5.74) is 0. The number of thioether (sulfide) groups is 1. The van der Waals surface area contributed by atoms with Gasteiger partial charge in [-0.3, -0.25) is 0 Å². The summed E-state index contributed by atoms with van der Waals surface area (Å²) >= 11 is 1.81. The van der Waals surface area contributed by atoms with Crippen molar-refractivity contribution in [1.82, 2.24) is 18.8 Å². The van der Waals surface area contributed by atoms with Crippen LogP contribution in [0.2, 0.25) is 0 Å². The lowest BCUT2D eigenvalue weighted by Gasteiger charge is -2.17. The molecule has 3 atom stereocenters. The van der Waals surface area contributed by atoms with Gasteiger partial charge in [-0.2, -0.15) is 4.31 Å². The van der Waals surface area contributed by atoms with Gasteiger partial charge in [-0.25, -0.2) is 18.4 Å². The Kier molecular flexibility index (Phi) is 3.97. The molecule has 0 N–H and O–H groups in total. The third-order valence-electron chi connectivity index (χ3n) is 4.92. The first-order valence-corrected chi connectivity index (χ1v) is 10.3. The molecule has 1 aliphatic heterocycles. The second kappa shape index (κ2) is 5.89. The molecule has 4 rings (SSSR count). The van der Waals surface area contributed by atoms with Crippen molar-refractivity contribution in [3.63, 3.8) is 0 Å². The van der Waals surface area contributed by atoms with Crippen LogP contribution in [0.1, 0.15) is 18.7 Å². The fraction of sp³-hybridized carbons (Fsp3) is 0.600. The van der Waals surface area contributed by atoms with Crippen LogP contribution in [-0.4, -0.2) is 45.6 Å². The zero-order valence-corrected chi connectivity index (χ0v) is 15.3. The van der Waals surface area contributed by atoms with Crippen LogP contribution in [-0.2, 0) is 17.1 Å². The number of sulfonamides is 1. The molecule has 9 heteroatoms. The molecule has 2 aromatic rings. The Labute approximate surface area is 145 Å². The van der Waals surface area contributed by atoms with Gasteiger partial charge >= 0.3 is 0 Å². The van der Waals surface area contributed by atoms with E-state index in [0.29, 0.717) is 36.1 Å². The second-order valence-electron chi connectivity index (χ2n) is 6.57. The standard InChI is InChI=1S/C15H20N4O3S2/c1-10-17-7-14(22-10)24(20,21)19-8-11-5-13(6-12(11)9-19)23-15-16-3-4-18(15)2/h3-4,7,11-13H,5-6,8-9H2,1-2H3/t11-,12+,13?. The summed E-state index contributed by atoms with van der Waals surface area (Å²) < 4.78 is 34.1. The summed E-state index contributed by atoms with van der Waals surface area (Å²) in [5, 5.41) is 1.50. The van der Waals surface area contributed by atoms with Crippen LogP contribution in [0.3, 0.4) is 0 Å². The lowest BCUT2D eigenvalue weighted by molar-refractivity contribution is 0.386. The van der Waals surface area contributed by atoms with Crippen LogP contribution in [0.25, 0.3) is 0 Å². The third kappa shape index (κ3) is 2.78. The molecule has 0 aromatic carbocycles. The van der Waals surface area contributed by atoms with Crippen LogP contribution in [0.4, 0.5) is 0 Å². The van der Waals surface area contributed by atoms with Gasteiger partial charge in [-0.1, -0.05) is 11.8 Å². The summed E-state index contributed by atoms with van der Waals surface area (Å²) in [4.78, 5) is 8.27. The number of aryl methyl sites for hydroxylation is 2. The topological polar surface area (TPSA) is 81.2 Å². The first-order valence-electron chi connectivity index (χ1n) is 8.00. The first-order chi connectivity index (χ1) is 11.4. The summed E-state index contributed by atoms with van der Waals surface area (Å²) in [6.07, 6.45) is 7.13. The molecule has 24 heavy (non-hydrogen) atoms. The van der Waals surface area contributed by atoms with E-state index in [0.717, 1.165) is 18.0 Å². The van der Waals surface area contributed by atoms with E-state index in [-0.39, 0.29) is 5.09 Å². The SMILES string of the molecule is Cc1ncc(S(=O)(=O)N2C[C@H]3CC(Sc4nccn4C)C[C@H]3C2)o1. The third-order valence-corrected chi connectivity index (χ3v) is 7.92. The highest BCUT2D eigenvalue weighted by molar-refractivity contribution is 7.99. The molecule has 1 unspecified atom stereocenters. The van der Waals surface area contributed by atoms with Crippen LogP contribution in [0, 0.1) is 18.8 Å². The largest absolute Gasteiger partial charge is 0.428 e. The number of imidazole rings is 1. The van der Waals surface area contributed by atoms with Crippen molar-refractivity contribution in [1.29, 1.82) is 0 Å². The molecule has 1 saturated carbocycles. The smallest absolute Gasteiger partial charge is 0.278 e. The fourth-order valence-corrected chi connectivity index (χ4v) is 6.47. The molecule has 2 aromatic heterocycles. The van der Waals surface area contributed by atoms with Gasteiger partial charge in [0.1, 0.15) is 0 Å². The zero-order valence-electron chi connectivity index (χ0n) is 13.6. The minimum Gasteiger partial charge on any atom is -0.428 e. The van der Waals surface area contributed by atoms with Crippen molar-refractivity contribution >= 4 is 21.8 Å². The molecule has 2 fully saturated rings. The zero-order chi connectivity index (χ0) is 16.9. The predicted molar refractivity (Wildman–Crippen MR) is 89.1 cm³/mol. The molecule has 1 saturated heterocycles. The van der Waals surface area contributed by atoms with E-state index in [1.54, 1.807) is 23.0 Å². The van der Waals surface area contributed by atoms with E-state index in [1.807, 2.05) is 24.0 Å². The minimum absolute atomic E-state index is 0.0427. The van der Waals surface area contributed by atoms with Gasteiger partial charge in [0.25, 0.3) is 15.1 Å². The maximum atomic E-state index is 12.6. The molecule has 130 valence electrons. The van der Waals surface area contributed by atoms with E-state index in [2.05, 4.69) is 9.97 Å². The summed E-state index contributed by atoms with van der Waals surface area (Å²) in [6, 6.07) is 0. The van der Waals surface area contributed by atoms with E-state index in [4.69, 9.17) is 4.42 Å². The monoisotopic (exact) mass is 368 g/mol. The average molecular weight is 368 g/mol. The fourth-order valence-electron chi connectivity index (χ4n) is 3.70. The van der Waals surface area contributed by atoms with Crippen molar-refractivity contribution < 1.29 is 12.8 Å². The number of aromatic nitrogens is 3. The predicted octanol–water partition coefficient (Wildman–Crippen LogP) is 1.91. The lowest BCUT2D eigenvalue weighted by Crippen LogP contribution is -2.30. The molecular weight excluding hydrogens is 348 g/mol. The molecule has 2 aliphatic rings. The van der Waals surface area contributed by atoms with E-state index >= 15 is 0 Å². The van der Waals surface area contributed by atoms with Crippen LogP contribution in [0.15, 0.2) is 33.3 Å². The molecule has 0 bridgehead atoms. The number of oxazole rings is 1. The number of hydrogen-bond acceptors (Lipinski definition) is 6. The second-order valence-corrected chi connectivity index (χ2v) is 9.71. The van der Waals surface area contributed by atoms with E-state index in [1.165, 1.54) is 6.20 Å². The molecule has 0 radical (unpaired) electrons. The Morgan fingerprint density at radius 3 is 2.50 bits per heavy atom. The normalized spacial score (nSPS) is 27.7. The Hall–Kier alpha value is -1.32. The molecule has 0 amide bonds. The molecular formula is C15H20N4O3S2.